The minimum atomic E-state index is -3.88. The van der Waals surface area contributed by atoms with Gasteiger partial charge in [-0.05, 0) is 37.6 Å². The van der Waals surface area contributed by atoms with E-state index in [-0.39, 0.29) is 4.90 Å². The highest BCUT2D eigenvalue weighted by atomic mass is 79.9. The molecule has 0 aliphatic rings. The molecule has 1 aromatic carbocycles. The molecule has 106 valence electrons. The maximum Gasteiger partial charge on any atom is 0.336 e. The number of carboxylic acid groups (broad SMARTS) is 1. The lowest BCUT2D eigenvalue weighted by molar-refractivity contribution is -0.155. The van der Waals surface area contributed by atoms with E-state index in [0.717, 1.165) is 12.5 Å². The Morgan fingerprint density at radius 1 is 1.42 bits per heavy atom. The van der Waals surface area contributed by atoms with Crippen molar-refractivity contribution in [1.29, 1.82) is 0 Å². The lowest BCUT2D eigenvalue weighted by Crippen LogP contribution is -2.46. The van der Waals surface area contributed by atoms with Gasteiger partial charge in [-0.15, -0.1) is 0 Å². The fraction of sp³-hybridized carbons (Fsp3) is 0.364. The molecule has 1 atom stereocenters. The molecule has 0 heterocycles. The van der Waals surface area contributed by atoms with Crippen LogP contribution < -0.4 is 4.72 Å². The van der Waals surface area contributed by atoms with Crippen molar-refractivity contribution in [3.05, 3.63) is 28.2 Å². The first-order chi connectivity index (χ1) is 8.54. The van der Waals surface area contributed by atoms with Crippen molar-refractivity contribution in [3.63, 3.8) is 0 Å². The molecule has 3 N–H and O–H groups in total. The summed E-state index contributed by atoms with van der Waals surface area (Å²) in [6, 6.07) is 4.58. The van der Waals surface area contributed by atoms with Crippen molar-refractivity contribution in [2.24, 2.45) is 0 Å². The Labute approximate surface area is 119 Å². The molecular weight excluding hydrogens is 338 g/mol. The highest BCUT2D eigenvalue weighted by molar-refractivity contribution is 9.10. The predicted octanol–water partition coefficient (Wildman–Crippen LogP) is 0.871. The Hall–Kier alpha value is -0.960. The van der Waals surface area contributed by atoms with Crippen molar-refractivity contribution in [2.75, 3.05) is 6.54 Å². The number of carboxylic acids is 1. The molecule has 1 aromatic rings. The van der Waals surface area contributed by atoms with E-state index in [0.29, 0.717) is 4.47 Å². The molecule has 19 heavy (non-hydrogen) atoms. The smallest absolute Gasteiger partial charge is 0.336 e. The Morgan fingerprint density at radius 3 is 2.47 bits per heavy atom. The summed E-state index contributed by atoms with van der Waals surface area (Å²) in [6.45, 7) is 2.14. The van der Waals surface area contributed by atoms with Gasteiger partial charge >= 0.3 is 5.97 Å². The van der Waals surface area contributed by atoms with Gasteiger partial charge in [-0.3, -0.25) is 0 Å². The van der Waals surface area contributed by atoms with E-state index in [1.165, 1.54) is 12.1 Å². The molecule has 1 rings (SSSR count). The number of nitrogens with one attached hydrogen (secondary N) is 1. The monoisotopic (exact) mass is 351 g/mol. The predicted molar refractivity (Wildman–Crippen MR) is 72.3 cm³/mol. The number of hydrogen-bond donors (Lipinski definition) is 3. The minimum absolute atomic E-state index is 0.000522. The first kappa shape index (κ1) is 16.1. The van der Waals surface area contributed by atoms with Gasteiger partial charge in [0, 0.05) is 4.47 Å². The second-order valence-electron chi connectivity index (χ2n) is 4.37. The summed E-state index contributed by atoms with van der Waals surface area (Å²) in [5, 5.41) is 18.2. The summed E-state index contributed by atoms with van der Waals surface area (Å²) in [7, 11) is -3.88. The van der Waals surface area contributed by atoms with Crippen molar-refractivity contribution in [2.45, 2.75) is 24.3 Å². The van der Waals surface area contributed by atoms with Crippen molar-refractivity contribution in [1.82, 2.24) is 4.72 Å². The van der Waals surface area contributed by atoms with Crippen molar-refractivity contribution in [3.8, 4) is 0 Å². The van der Waals surface area contributed by atoms with E-state index in [1.807, 2.05) is 0 Å². The number of aliphatic hydroxyl groups is 1. The maximum atomic E-state index is 12.0. The molecule has 0 aliphatic carbocycles. The normalized spacial score (nSPS) is 14.9. The van der Waals surface area contributed by atoms with Crippen LogP contribution in [-0.4, -0.2) is 36.7 Å². The van der Waals surface area contributed by atoms with Crippen LogP contribution in [-0.2, 0) is 14.8 Å². The van der Waals surface area contributed by atoms with Gasteiger partial charge in [0.1, 0.15) is 0 Å². The minimum Gasteiger partial charge on any atom is -0.479 e. The Kier molecular flexibility index (Phi) is 4.72. The molecule has 0 spiro atoms. The SMILES string of the molecule is Cc1cc(Br)cc(S(=O)(=O)NCC(C)(O)C(=O)O)c1. The summed E-state index contributed by atoms with van der Waals surface area (Å²) in [4.78, 5) is 10.7. The molecule has 0 saturated carbocycles. The number of hydrogen-bond acceptors (Lipinski definition) is 4. The summed E-state index contributed by atoms with van der Waals surface area (Å²) < 4.78 is 26.6. The van der Waals surface area contributed by atoms with Gasteiger partial charge in [-0.2, -0.15) is 0 Å². The van der Waals surface area contributed by atoms with Gasteiger partial charge in [-0.1, -0.05) is 15.9 Å². The fourth-order valence-electron chi connectivity index (χ4n) is 1.25. The number of aliphatic carboxylic acids is 1. The second kappa shape index (κ2) is 5.58. The molecule has 1 unspecified atom stereocenters. The molecule has 0 fully saturated rings. The maximum absolute atomic E-state index is 12.0. The van der Waals surface area contributed by atoms with Crippen LogP contribution in [0, 0.1) is 6.92 Å². The Bertz CT molecular complexity index is 577. The first-order valence-corrected chi connectivity index (χ1v) is 7.55. The van der Waals surface area contributed by atoms with E-state index in [4.69, 9.17) is 5.11 Å². The van der Waals surface area contributed by atoms with E-state index in [2.05, 4.69) is 20.7 Å². The largest absolute Gasteiger partial charge is 0.479 e. The average Bonchev–Trinajstić information content (AvgIpc) is 2.25. The molecule has 0 aromatic heterocycles. The van der Waals surface area contributed by atoms with Crippen LogP contribution in [0.25, 0.3) is 0 Å². The van der Waals surface area contributed by atoms with Gasteiger partial charge in [-0.25, -0.2) is 17.9 Å². The van der Waals surface area contributed by atoms with Crippen LogP contribution in [0.2, 0.25) is 0 Å². The molecule has 0 aliphatic heterocycles. The van der Waals surface area contributed by atoms with Gasteiger partial charge < -0.3 is 10.2 Å². The zero-order valence-electron chi connectivity index (χ0n) is 10.3. The average molecular weight is 352 g/mol. The third-order valence-corrected chi connectivity index (χ3v) is 4.23. The Balaban J connectivity index is 2.97. The highest BCUT2D eigenvalue weighted by Crippen LogP contribution is 2.19. The van der Waals surface area contributed by atoms with Crippen LogP contribution in [0.4, 0.5) is 0 Å². The number of rotatable bonds is 5. The van der Waals surface area contributed by atoms with Crippen molar-refractivity contribution < 1.29 is 23.4 Å². The number of carbonyl (C=O) groups is 1. The molecule has 0 saturated heterocycles. The molecule has 0 radical (unpaired) electrons. The van der Waals surface area contributed by atoms with Gasteiger partial charge in [0.15, 0.2) is 5.60 Å². The van der Waals surface area contributed by atoms with E-state index < -0.39 is 28.1 Å². The molecule has 8 heteroatoms. The lowest BCUT2D eigenvalue weighted by Gasteiger charge is -2.18. The summed E-state index contributed by atoms with van der Waals surface area (Å²) in [5.41, 5.74) is -1.42. The molecule has 6 nitrogen and oxygen atoms in total. The van der Waals surface area contributed by atoms with Crippen molar-refractivity contribution >= 4 is 31.9 Å². The van der Waals surface area contributed by atoms with E-state index >= 15 is 0 Å². The zero-order valence-corrected chi connectivity index (χ0v) is 12.7. The third kappa shape index (κ3) is 4.27. The molecule has 0 bridgehead atoms. The van der Waals surface area contributed by atoms with E-state index in [9.17, 15) is 18.3 Å². The topological polar surface area (TPSA) is 104 Å². The number of benzene rings is 1. The molecular formula is C11H14BrNO5S. The quantitative estimate of drug-likeness (QED) is 0.730. The van der Waals surface area contributed by atoms with Crippen LogP contribution in [0.1, 0.15) is 12.5 Å². The lowest BCUT2D eigenvalue weighted by atomic mass is 10.1. The van der Waals surface area contributed by atoms with Crippen LogP contribution in [0.15, 0.2) is 27.6 Å². The number of sulfonamides is 1. The second-order valence-corrected chi connectivity index (χ2v) is 7.05. The van der Waals surface area contributed by atoms with Crippen LogP contribution in [0.3, 0.4) is 0 Å². The Morgan fingerprint density at radius 2 is 2.00 bits per heavy atom. The standard InChI is InChI=1S/C11H14BrNO5S/c1-7-3-8(12)5-9(4-7)19(17,18)13-6-11(2,16)10(14)15/h3-5,13,16H,6H2,1-2H3,(H,14,15). The van der Waals surface area contributed by atoms with Gasteiger partial charge in [0.2, 0.25) is 10.0 Å². The van der Waals surface area contributed by atoms with Crippen LogP contribution in [0.5, 0.6) is 0 Å². The molecule has 0 amide bonds. The number of halogens is 1. The van der Waals surface area contributed by atoms with Gasteiger partial charge in [0.25, 0.3) is 0 Å². The van der Waals surface area contributed by atoms with Crippen LogP contribution >= 0.6 is 15.9 Å². The summed E-state index contributed by atoms with van der Waals surface area (Å²) in [6.07, 6.45) is 0. The first-order valence-electron chi connectivity index (χ1n) is 5.27. The van der Waals surface area contributed by atoms with E-state index in [1.54, 1.807) is 13.0 Å². The number of aryl methyl sites for hydroxylation is 1. The summed E-state index contributed by atoms with van der Waals surface area (Å²) >= 11 is 3.18. The fourth-order valence-corrected chi connectivity index (χ4v) is 3.27. The zero-order chi connectivity index (χ0) is 14.8. The highest BCUT2D eigenvalue weighted by Gasteiger charge is 2.31. The van der Waals surface area contributed by atoms with Gasteiger partial charge in [0.05, 0.1) is 11.4 Å². The third-order valence-electron chi connectivity index (χ3n) is 2.39. The summed E-state index contributed by atoms with van der Waals surface area (Å²) in [5.74, 6) is -1.50.